The number of nitrogens with one attached hydrogen (secondary N) is 1. The third kappa shape index (κ3) is 4.21. The molecular formula is C25H24N2O3S2. The maximum atomic E-state index is 13.0. The molecule has 0 unspecified atom stereocenters. The van der Waals surface area contributed by atoms with Gasteiger partial charge in [0.1, 0.15) is 11.3 Å². The Bertz CT molecular complexity index is 1200. The standard InChI is InChI=1S/C25H24N2O3S2/c1-31-18-10-8-17(9-11-18)23(27-12-14-29-15-13-27)24-22(19-5-2-3-6-20(19)30-24)26-25(28)21-7-4-16-32-21/h2-11,16,23H,12-15H2,1H3,(H,26,28)/t23-/m1/s1. The number of para-hydroxylation sites is 1. The molecule has 7 heteroatoms. The maximum Gasteiger partial charge on any atom is 0.265 e. The molecule has 0 bridgehead atoms. The monoisotopic (exact) mass is 464 g/mol. The number of carbonyl (C=O) groups is 1. The first-order valence-electron chi connectivity index (χ1n) is 10.6. The Labute approximate surface area is 195 Å². The lowest BCUT2D eigenvalue weighted by atomic mass is 10.0. The van der Waals surface area contributed by atoms with Crippen LogP contribution >= 0.6 is 23.1 Å². The number of carbonyl (C=O) groups excluding carboxylic acids is 1. The average molecular weight is 465 g/mol. The minimum atomic E-state index is -0.124. The minimum Gasteiger partial charge on any atom is -0.457 e. The Balaban J connectivity index is 1.63. The molecule has 3 heterocycles. The molecule has 5 rings (SSSR count). The van der Waals surface area contributed by atoms with Crippen molar-refractivity contribution >= 4 is 45.7 Å². The molecule has 1 fully saturated rings. The van der Waals surface area contributed by atoms with E-state index in [9.17, 15) is 4.79 Å². The summed E-state index contributed by atoms with van der Waals surface area (Å²) in [5.41, 5.74) is 2.64. The number of thioether (sulfide) groups is 1. The molecule has 0 spiro atoms. The summed E-state index contributed by atoms with van der Waals surface area (Å²) < 4.78 is 12.1. The molecule has 4 aromatic rings. The molecule has 1 amide bonds. The van der Waals surface area contributed by atoms with E-state index < -0.39 is 0 Å². The van der Waals surface area contributed by atoms with E-state index in [1.54, 1.807) is 11.8 Å². The molecule has 1 N–H and O–H groups in total. The summed E-state index contributed by atoms with van der Waals surface area (Å²) in [6.07, 6.45) is 2.08. The van der Waals surface area contributed by atoms with Crippen molar-refractivity contribution in [3.63, 3.8) is 0 Å². The molecule has 0 saturated carbocycles. The number of morpholine rings is 1. The van der Waals surface area contributed by atoms with Gasteiger partial charge in [0.2, 0.25) is 0 Å². The Morgan fingerprint density at radius 2 is 1.84 bits per heavy atom. The third-order valence-corrected chi connectivity index (χ3v) is 7.31. The van der Waals surface area contributed by atoms with E-state index in [-0.39, 0.29) is 11.9 Å². The van der Waals surface area contributed by atoms with E-state index in [0.29, 0.717) is 18.1 Å². The van der Waals surface area contributed by atoms with Gasteiger partial charge < -0.3 is 14.5 Å². The van der Waals surface area contributed by atoms with Crippen LogP contribution in [-0.4, -0.2) is 43.4 Å². The van der Waals surface area contributed by atoms with E-state index in [0.717, 1.165) is 41.1 Å². The summed E-state index contributed by atoms with van der Waals surface area (Å²) in [5.74, 6) is 0.640. The summed E-state index contributed by atoms with van der Waals surface area (Å²) in [4.78, 5) is 17.3. The van der Waals surface area contributed by atoms with Gasteiger partial charge in [-0.2, -0.15) is 0 Å². The van der Waals surface area contributed by atoms with E-state index in [1.165, 1.54) is 16.2 Å². The lowest BCUT2D eigenvalue weighted by molar-refractivity contribution is 0.0206. The normalized spacial score (nSPS) is 15.7. The second kappa shape index (κ2) is 9.50. The number of hydrogen-bond donors (Lipinski definition) is 1. The highest BCUT2D eigenvalue weighted by Gasteiger charge is 2.31. The molecule has 2 aromatic heterocycles. The molecule has 32 heavy (non-hydrogen) atoms. The summed E-state index contributed by atoms with van der Waals surface area (Å²) in [5, 5.41) is 5.98. The van der Waals surface area contributed by atoms with E-state index in [2.05, 4.69) is 40.7 Å². The summed E-state index contributed by atoms with van der Waals surface area (Å²) >= 11 is 3.15. The smallest absolute Gasteiger partial charge is 0.265 e. The Morgan fingerprint density at radius 3 is 2.56 bits per heavy atom. The summed E-state index contributed by atoms with van der Waals surface area (Å²) in [7, 11) is 0. The first-order valence-corrected chi connectivity index (χ1v) is 12.7. The van der Waals surface area contributed by atoms with Crippen LogP contribution in [0, 0.1) is 0 Å². The van der Waals surface area contributed by atoms with Gasteiger partial charge in [-0.05, 0) is 47.5 Å². The van der Waals surface area contributed by atoms with Crippen molar-refractivity contribution in [2.75, 3.05) is 37.9 Å². The Kier molecular flexibility index (Phi) is 6.32. The number of thiophene rings is 1. The van der Waals surface area contributed by atoms with Crippen LogP contribution < -0.4 is 5.32 Å². The third-order valence-electron chi connectivity index (χ3n) is 5.70. The van der Waals surface area contributed by atoms with Crippen molar-refractivity contribution in [2.24, 2.45) is 0 Å². The van der Waals surface area contributed by atoms with Crippen molar-refractivity contribution < 1.29 is 13.9 Å². The predicted molar refractivity (Wildman–Crippen MR) is 131 cm³/mol. The van der Waals surface area contributed by atoms with Gasteiger partial charge >= 0.3 is 0 Å². The fourth-order valence-corrected chi connectivity index (χ4v) is 5.15. The number of benzene rings is 2. The number of anilines is 1. The number of hydrogen-bond acceptors (Lipinski definition) is 6. The van der Waals surface area contributed by atoms with Crippen LogP contribution in [0.5, 0.6) is 0 Å². The molecule has 1 atom stereocenters. The summed E-state index contributed by atoms with van der Waals surface area (Å²) in [6, 6.07) is 20.1. The largest absolute Gasteiger partial charge is 0.457 e. The van der Waals surface area contributed by atoms with Crippen LogP contribution in [-0.2, 0) is 4.74 Å². The van der Waals surface area contributed by atoms with Gasteiger partial charge in [-0.25, -0.2) is 0 Å². The van der Waals surface area contributed by atoms with Gasteiger partial charge in [0, 0.05) is 23.4 Å². The van der Waals surface area contributed by atoms with Crippen LogP contribution in [0.15, 0.2) is 75.4 Å². The van der Waals surface area contributed by atoms with E-state index >= 15 is 0 Å². The molecule has 1 aliphatic rings. The SMILES string of the molecule is CSc1ccc([C@H](c2oc3ccccc3c2NC(=O)c2cccs2)N2CCOCC2)cc1. The number of fused-ring (bicyclic) bond motifs is 1. The molecule has 1 aliphatic heterocycles. The highest BCUT2D eigenvalue weighted by Crippen LogP contribution is 2.41. The predicted octanol–water partition coefficient (Wildman–Crippen LogP) is 5.89. The maximum absolute atomic E-state index is 13.0. The second-order valence-electron chi connectivity index (χ2n) is 7.59. The average Bonchev–Trinajstić information content (AvgIpc) is 3.50. The number of furan rings is 1. The Morgan fingerprint density at radius 1 is 1.06 bits per heavy atom. The zero-order valence-corrected chi connectivity index (χ0v) is 19.4. The summed E-state index contributed by atoms with van der Waals surface area (Å²) in [6.45, 7) is 2.95. The first kappa shape index (κ1) is 21.3. The van der Waals surface area contributed by atoms with Crippen molar-refractivity contribution in [3.05, 3.63) is 82.2 Å². The molecule has 0 aliphatic carbocycles. The van der Waals surface area contributed by atoms with Gasteiger partial charge in [-0.1, -0.05) is 30.3 Å². The number of nitrogens with zero attached hydrogens (tertiary/aromatic N) is 1. The van der Waals surface area contributed by atoms with Gasteiger partial charge in [0.15, 0.2) is 0 Å². The number of ether oxygens (including phenoxy) is 1. The quantitative estimate of drug-likeness (QED) is 0.361. The lowest BCUT2D eigenvalue weighted by Gasteiger charge is -2.34. The first-order chi connectivity index (χ1) is 15.7. The van der Waals surface area contributed by atoms with Gasteiger partial charge in [-0.15, -0.1) is 23.1 Å². The van der Waals surface area contributed by atoms with Gasteiger partial charge in [-0.3, -0.25) is 9.69 Å². The zero-order valence-electron chi connectivity index (χ0n) is 17.7. The van der Waals surface area contributed by atoms with Gasteiger partial charge in [0.25, 0.3) is 5.91 Å². The fourth-order valence-electron chi connectivity index (χ4n) is 4.12. The molecule has 1 saturated heterocycles. The lowest BCUT2D eigenvalue weighted by Crippen LogP contribution is -2.39. The zero-order chi connectivity index (χ0) is 21.9. The van der Waals surface area contributed by atoms with Crippen molar-refractivity contribution in [1.29, 1.82) is 0 Å². The van der Waals surface area contributed by atoms with Crippen LogP contribution in [0.2, 0.25) is 0 Å². The van der Waals surface area contributed by atoms with Gasteiger partial charge in [0.05, 0.1) is 29.8 Å². The molecule has 0 radical (unpaired) electrons. The Hall–Kier alpha value is -2.58. The van der Waals surface area contributed by atoms with Crippen molar-refractivity contribution in [2.45, 2.75) is 10.9 Å². The second-order valence-corrected chi connectivity index (χ2v) is 9.42. The fraction of sp³-hybridized carbons (Fsp3) is 0.240. The van der Waals surface area contributed by atoms with Crippen molar-refractivity contribution in [3.8, 4) is 0 Å². The topological polar surface area (TPSA) is 54.7 Å². The number of rotatable bonds is 6. The van der Waals surface area contributed by atoms with E-state index in [4.69, 9.17) is 9.15 Å². The van der Waals surface area contributed by atoms with E-state index in [1.807, 2.05) is 41.8 Å². The van der Waals surface area contributed by atoms with Crippen molar-refractivity contribution in [1.82, 2.24) is 4.90 Å². The minimum absolute atomic E-state index is 0.119. The molecular weight excluding hydrogens is 440 g/mol. The number of amides is 1. The van der Waals surface area contributed by atoms with Crippen LogP contribution in [0.3, 0.4) is 0 Å². The molecule has 164 valence electrons. The highest BCUT2D eigenvalue weighted by atomic mass is 32.2. The molecule has 2 aromatic carbocycles. The highest BCUT2D eigenvalue weighted by molar-refractivity contribution is 7.98. The van der Waals surface area contributed by atoms with Crippen LogP contribution in [0.4, 0.5) is 5.69 Å². The van der Waals surface area contributed by atoms with Crippen LogP contribution in [0.25, 0.3) is 11.0 Å². The van der Waals surface area contributed by atoms with Crippen LogP contribution in [0.1, 0.15) is 27.0 Å². The molecule has 5 nitrogen and oxygen atoms in total.